The Morgan fingerprint density at radius 1 is 0.974 bits per heavy atom. The molecule has 5 rings (SSSR count). The first-order valence-corrected chi connectivity index (χ1v) is 12.4. The number of carbonyl (C=O) groups excluding carboxylic acids is 1. The van der Waals surface area contributed by atoms with E-state index in [-0.39, 0.29) is 23.1 Å². The molecule has 0 bridgehead atoms. The highest BCUT2D eigenvalue weighted by atomic mass is 16.3. The van der Waals surface area contributed by atoms with Crippen LogP contribution in [0.2, 0.25) is 0 Å². The third-order valence-electron chi connectivity index (χ3n) is 6.49. The number of benzene rings is 2. The Labute approximate surface area is 220 Å². The molecule has 1 atom stereocenters. The van der Waals surface area contributed by atoms with Crippen molar-refractivity contribution < 1.29 is 9.21 Å². The van der Waals surface area contributed by atoms with Crippen LogP contribution in [0.15, 0.2) is 94.5 Å². The summed E-state index contributed by atoms with van der Waals surface area (Å²) in [6, 6.07) is 20.5. The maximum absolute atomic E-state index is 13.4. The summed E-state index contributed by atoms with van der Waals surface area (Å²) in [4.78, 5) is 34.8. The monoisotopic (exact) mass is 504 g/mol. The van der Waals surface area contributed by atoms with Crippen molar-refractivity contribution in [2.75, 3.05) is 5.32 Å². The molecule has 0 fully saturated rings. The van der Waals surface area contributed by atoms with E-state index in [1.165, 1.54) is 0 Å². The summed E-state index contributed by atoms with van der Waals surface area (Å²) in [6.07, 6.45) is 4.96. The molecular formula is C31H28N4O3. The average Bonchev–Trinajstić information content (AvgIpc) is 2.95. The lowest BCUT2D eigenvalue weighted by molar-refractivity contribution is 0.0946. The van der Waals surface area contributed by atoms with Crippen LogP contribution in [0.5, 0.6) is 0 Å². The van der Waals surface area contributed by atoms with Gasteiger partial charge >= 0.3 is 0 Å². The van der Waals surface area contributed by atoms with Crippen molar-refractivity contribution in [3.05, 3.63) is 123 Å². The summed E-state index contributed by atoms with van der Waals surface area (Å²) in [6.45, 7) is 6.09. The van der Waals surface area contributed by atoms with E-state index >= 15 is 0 Å². The number of nitrogens with zero attached hydrogens (tertiary/aromatic N) is 2. The number of hydrogen-bond acceptors (Lipinski definition) is 6. The molecule has 7 nitrogen and oxygen atoms in total. The quantitative estimate of drug-likeness (QED) is 0.283. The Hall–Kier alpha value is -4.78. The fourth-order valence-corrected chi connectivity index (χ4v) is 4.53. The lowest BCUT2D eigenvalue weighted by atomic mass is 9.98. The first-order chi connectivity index (χ1) is 18.4. The summed E-state index contributed by atoms with van der Waals surface area (Å²) >= 11 is 0. The topological polar surface area (TPSA) is 97.1 Å². The number of carbonyl (C=O) groups is 1. The van der Waals surface area contributed by atoms with Crippen LogP contribution in [-0.4, -0.2) is 15.9 Å². The van der Waals surface area contributed by atoms with Crippen molar-refractivity contribution in [1.29, 1.82) is 0 Å². The molecule has 2 aromatic carbocycles. The van der Waals surface area contributed by atoms with Crippen molar-refractivity contribution in [3.8, 4) is 11.3 Å². The third kappa shape index (κ3) is 5.04. The van der Waals surface area contributed by atoms with Gasteiger partial charge in [0.25, 0.3) is 5.91 Å². The molecule has 0 aliphatic rings. The molecule has 0 radical (unpaired) electrons. The first-order valence-electron chi connectivity index (χ1n) is 12.4. The van der Waals surface area contributed by atoms with Crippen molar-refractivity contribution in [1.82, 2.24) is 15.3 Å². The van der Waals surface area contributed by atoms with Crippen LogP contribution < -0.4 is 16.1 Å². The van der Waals surface area contributed by atoms with E-state index < -0.39 is 0 Å². The molecule has 0 aliphatic heterocycles. The van der Waals surface area contributed by atoms with Gasteiger partial charge in [-0.25, -0.2) is 4.98 Å². The van der Waals surface area contributed by atoms with Crippen molar-refractivity contribution in [2.24, 2.45) is 0 Å². The number of anilines is 1. The first kappa shape index (κ1) is 24.9. The third-order valence-corrected chi connectivity index (χ3v) is 6.49. The number of fused-ring (bicyclic) bond motifs is 1. The van der Waals surface area contributed by atoms with Crippen LogP contribution in [0.1, 0.15) is 45.7 Å². The van der Waals surface area contributed by atoms with E-state index in [0.717, 1.165) is 22.3 Å². The predicted octanol–water partition coefficient (Wildman–Crippen LogP) is 5.97. The van der Waals surface area contributed by atoms with E-state index in [9.17, 15) is 9.59 Å². The van der Waals surface area contributed by atoms with E-state index in [4.69, 9.17) is 4.42 Å². The molecule has 0 spiro atoms. The molecule has 38 heavy (non-hydrogen) atoms. The zero-order chi connectivity index (χ0) is 26.6. The normalized spacial score (nSPS) is 11.8. The molecule has 3 heterocycles. The van der Waals surface area contributed by atoms with E-state index in [0.29, 0.717) is 34.5 Å². The van der Waals surface area contributed by atoms with Gasteiger partial charge < -0.3 is 15.1 Å². The maximum Gasteiger partial charge on any atom is 0.272 e. The van der Waals surface area contributed by atoms with E-state index in [1.807, 2.05) is 74.5 Å². The molecule has 1 amide bonds. The van der Waals surface area contributed by atoms with Crippen LogP contribution in [0.4, 0.5) is 5.69 Å². The fourth-order valence-electron chi connectivity index (χ4n) is 4.53. The SMILES string of the molecule is Cc1cc([C@@H](C)Nc2cccnc2C(=O)NCc2ccncc2)c2oc(-c3ccccc3)c(C)c(=O)c2c1. The fraction of sp³-hybridized carbons (Fsp3) is 0.161. The highest BCUT2D eigenvalue weighted by molar-refractivity contribution is 5.97. The van der Waals surface area contributed by atoms with Gasteiger partial charge in [0.15, 0.2) is 11.1 Å². The Balaban J connectivity index is 1.50. The molecule has 3 aromatic heterocycles. The molecule has 5 aromatic rings. The van der Waals surface area contributed by atoms with Gasteiger partial charge in [-0.2, -0.15) is 0 Å². The highest BCUT2D eigenvalue weighted by Gasteiger charge is 2.21. The number of aryl methyl sites for hydroxylation is 1. The van der Waals surface area contributed by atoms with Gasteiger partial charge in [-0.3, -0.25) is 14.6 Å². The lowest BCUT2D eigenvalue weighted by Crippen LogP contribution is -2.25. The predicted molar refractivity (Wildman–Crippen MR) is 149 cm³/mol. The van der Waals surface area contributed by atoms with Crippen molar-refractivity contribution >= 4 is 22.6 Å². The average molecular weight is 505 g/mol. The lowest BCUT2D eigenvalue weighted by Gasteiger charge is -2.20. The second-order valence-electron chi connectivity index (χ2n) is 9.29. The van der Waals surface area contributed by atoms with Gasteiger partial charge in [0, 0.05) is 41.8 Å². The second-order valence-corrected chi connectivity index (χ2v) is 9.29. The maximum atomic E-state index is 13.4. The van der Waals surface area contributed by atoms with Crippen LogP contribution in [-0.2, 0) is 6.54 Å². The Morgan fingerprint density at radius 3 is 2.50 bits per heavy atom. The van der Waals surface area contributed by atoms with Crippen molar-refractivity contribution in [3.63, 3.8) is 0 Å². The van der Waals surface area contributed by atoms with Gasteiger partial charge in [-0.1, -0.05) is 36.4 Å². The highest BCUT2D eigenvalue weighted by Crippen LogP contribution is 2.32. The minimum absolute atomic E-state index is 0.0557. The summed E-state index contributed by atoms with van der Waals surface area (Å²) in [5.74, 6) is 0.262. The second kappa shape index (κ2) is 10.7. The Kier molecular flexibility index (Phi) is 7.00. The molecule has 0 saturated heterocycles. The van der Waals surface area contributed by atoms with Gasteiger partial charge in [-0.15, -0.1) is 0 Å². The summed E-state index contributed by atoms with van der Waals surface area (Å²) in [5.41, 5.74) is 5.46. The Morgan fingerprint density at radius 2 is 1.74 bits per heavy atom. The molecule has 0 unspecified atom stereocenters. The number of amides is 1. The van der Waals surface area contributed by atoms with Crippen LogP contribution in [0.3, 0.4) is 0 Å². The summed E-state index contributed by atoms with van der Waals surface area (Å²) in [5, 5.41) is 6.88. The minimum Gasteiger partial charge on any atom is -0.455 e. The van der Waals surface area contributed by atoms with Crippen LogP contribution in [0, 0.1) is 13.8 Å². The zero-order valence-corrected chi connectivity index (χ0v) is 21.5. The molecular weight excluding hydrogens is 476 g/mol. The van der Waals surface area contributed by atoms with Gasteiger partial charge in [-0.05, 0) is 62.2 Å². The molecule has 0 aliphatic carbocycles. The van der Waals surface area contributed by atoms with Crippen molar-refractivity contribution in [2.45, 2.75) is 33.4 Å². The number of pyridine rings is 2. The number of hydrogen-bond donors (Lipinski definition) is 2. The van der Waals surface area contributed by atoms with Gasteiger partial charge in [0.05, 0.1) is 17.1 Å². The number of rotatable bonds is 7. The minimum atomic E-state index is -0.292. The number of aromatic nitrogens is 2. The molecule has 190 valence electrons. The van der Waals surface area contributed by atoms with Crippen LogP contribution in [0.25, 0.3) is 22.3 Å². The van der Waals surface area contributed by atoms with E-state index in [2.05, 4.69) is 20.6 Å². The van der Waals surface area contributed by atoms with Crippen LogP contribution >= 0.6 is 0 Å². The number of nitrogens with one attached hydrogen (secondary N) is 2. The standard InChI is InChI=1S/C31H28N4O3/c1-19-16-24(30-25(17-19)28(36)20(2)29(38-30)23-8-5-4-6-9-23)21(3)35-26-10-7-13-33-27(26)31(37)34-18-22-11-14-32-15-12-22/h4-17,21,35H,18H2,1-3H3,(H,34,37)/t21-/m1/s1. The Bertz CT molecular complexity index is 1660. The largest absolute Gasteiger partial charge is 0.455 e. The molecule has 2 N–H and O–H groups in total. The smallest absolute Gasteiger partial charge is 0.272 e. The summed E-state index contributed by atoms with van der Waals surface area (Å²) < 4.78 is 6.43. The molecule has 0 saturated carbocycles. The summed E-state index contributed by atoms with van der Waals surface area (Å²) in [7, 11) is 0. The van der Waals surface area contributed by atoms with Gasteiger partial charge in [0.1, 0.15) is 11.3 Å². The molecule has 7 heteroatoms. The van der Waals surface area contributed by atoms with E-state index in [1.54, 1.807) is 31.6 Å². The van der Waals surface area contributed by atoms with Gasteiger partial charge in [0.2, 0.25) is 0 Å². The zero-order valence-electron chi connectivity index (χ0n) is 21.5.